The van der Waals surface area contributed by atoms with Crippen LogP contribution in [0, 0.1) is 0 Å². The van der Waals surface area contributed by atoms with Gasteiger partial charge in [0.1, 0.15) is 4.88 Å². The summed E-state index contributed by atoms with van der Waals surface area (Å²) in [6.07, 6.45) is 3.58. The normalized spacial score (nSPS) is 20.7. The predicted octanol–water partition coefficient (Wildman–Crippen LogP) is 2.81. The number of carbonyl (C=O) groups is 1. The first-order valence-corrected chi connectivity index (χ1v) is 7.07. The molecule has 1 atom stereocenters. The number of amides is 1. The third kappa shape index (κ3) is 3.06. The van der Waals surface area contributed by atoms with E-state index < -0.39 is 0 Å². The molecule has 1 aromatic heterocycles. The minimum absolute atomic E-state index is 0.0175. The number of hydrogen-bond acceptors (Lipinski definition) is 3. The maximum absolute atomic E-state index is 11.8. The van der Waals surface area contributed by atoms with Crippen LogP contribution in [0.4, 0.5) is 0 Å². The molecule has 88 valence electrons. The molecule has 16 heavy (non-hydrogen) atoms. The summed E-state index contributed by atoms with van der Waals surface area (Å²) in [6, 6.07) is 1.89. The third-order valence-corrected chi connectivity index (χ3v) is 4.42. The average molecular weight is 304 g/mol. The molecule has 1 unspecified atom stereocenters. The molecule has 1 amide bonds. The Labute approximate surface area is 107 Å². The Kier molecular flexibility index (Phi) is 4.37. The highest BCUT2D eigenvalue weighted by molar-refractivity contribution is 9.10. The van der Waals surface area contributed by atoms with Crippen LogP contribution < -0.4 is 5.32 Å². The summed E-state index contributed by atoms with van der Waals surface area (Å²) in [6.45, 7) is 1.44. The summed E-state index contributed by atoms with van der Waals surface area (Å²) in [7, 11) is 0. The molecule has 0 aliphatic carbocycles. The number of carbonyl (C=O) groups excluding carboxylic acids is 1. The van der Waals surface area contributed by atoms with Crippen LogP contribution in [0.3, 0.4) is 0 Å². The summed E-state index contributed by atoms with van der Waals surface area (Å²) in [4.78, 5) is 12.5. The van der Waals surface area contributed by atoms with E-state index in [2.05, 4.69) is 21.2 Å². The Morgan fingerprint density at radius 3 is 3.12 bits per heavy atom. The van der Waals surface area contributed by atoms with E-state index in [-0.39, 0.29) is 12.0 Å². The van der Waals surface area contributed by atoms with Crippen molar-refractivity contribution >= 4 is 33.2 Å². The van der Waals surface area contributed by atoms with Crippen LogP contribution >= 0.6 is 27.3 Å². The first kappa shape index (κ1) is 12.1. The van der Waals surface area contributed by atoms with Crippen LogP contribution in [-0.2, 0) is 4.74 Å². The van der Waals surface area contributed by atoms with E-state index in [1.165, 1.54) is 17.8 Å². The van der Waals surface area contributed by atoms with Gasteiger partial charge in [0.2, 0.25) is 0 Å². The van der Waals surface area contributed by atoms with Gasteiger partial charge >= 0.3 is 0 Å². The number of ether oxygens (including phenoxy) is 1. The lowest BCUT2D eigenvalue weighted by Crippen LogP contribution is -2.35. The molecular weight excluding hydrogens is 290 g/mol. The van der Waals surface area contributed by atoms with E-state index in [9.17, 15) is 4.79 Å². The maximum Gasteiger partial charge on any atom is 0.262 e. The molecule has 2 heterocycles. The van der Waals surface area contributed by atoms with Crippen molar-refractivity contribution in [3.63, 3.8) is 0 Å². The number of halogens is 1. The number of nitrogens with one attached hydrogen (secondary N) is 1. The minimum Gasteiger partial charge on any atom is -0.376 e. The van der Waals surface area contributed by atoms with E-state index in [4.69, 9.17) is 4.74 Å². The number of rotatable bonds is 3. The van der Waals surface area contributed by atoms with Gasteiger partial charge in [0.15, 0.2) is 0 Å². The largest absolute Gasteiger partial charge is 0.376 e. The molecule has 0 bridgehead atoms. The Bertz CT molecular complexity index is 361. The first-order chi connectivity index (χ1) is 7.77. The lowest BCUT2D eigenvalue weighted by Gasteiger charge is -2.22. The second-order valence-corrected chi connectivity index (χ2v) is 5.57. The molecule has 1 aliphatic rings. The van der Waals surface area contributed by atoms with Crippen molar-refractivity contribution in [3.05, 3.63) is 20.8 Å². The standard InChI is InChI=1S/C11H14BrNO2S/c12-9-4-6-16-10(9)11(14)13-7-8-3-1-2-5-15-8/h4,6,8H,1-3,5,7H2,(H,13,14). The van der Waals surface area contributed by atoms with E-state index in [0.29, 0.717) is 6.54 Å². The average Bonchev–Trinajstić information content (AvgIpc) is 2.74. The van der Waals surface area contributed by atoms with Gasteiger partial charge in [-0.2, -0.15) is 0 Å². The number of hydrogen-bond donors (Lipinski definition) is 1. The van der Waals surface area contributed by atoms with Gasteiger partial charge in [0, 0.05) is 17.6 Å². The van der Waals surface area contributed by atoms with Crippen LogP contribution in [0.5, 0.6) is 0 Å². The monoisotopic (exact) mass is 303 g/mol. The van der Waals surface area contributed by atoms with Gasteiger partial charge in [-0.3, -0.25) is 4.79 Å². The zero-order valence-electron chi connectivity index (χ0n) is 8.87. The quantitative estimate of drug-likeness (QED) is 0.932. The van der Waals surface area contributed by atoms with Gasteiger partial charge in [-0.05, 0) is 46.6 Å². The van der Waals surface area contributed by atoms with E-state index >= 15 is 0 Å². The molecule has 1 saturated heterocycles. The summed E-state index contributed by atoms with van der Waals surface area (Å²) < 4.78 is 6.41. The molecule has 0 saturated carbocycles. The molecule has 1 aliphatic heterocycles. The molecule has 1 aromatic rings. The topological polar surface area (TPSA) is 38.3 Å². The molecule has 0 spiro atoms. The molecule has 0 aromatic carbocycles. The van der Waals surface area contributed by atoms with Crippen molar-refractivity contribution in [2.45, 2.75) is 25.4 Å². The zero-order valence-corrected chi connectivity index (χ0v) is 11.3. The van der Waals surface area contributed by atoms with Crippen molar-refractivity contribution in [2.24, 2.45) is 0 Å². The zero-order chi connectivity index (χ0) is 11.4. The Balaban J connectivity index is 1.81. The summed E-state index contributed by atoms with van der Waals surface area (Å²) in [5, 5.41) is 4.81. The Hall–Kier alpha value is -0.390. The minimum atomic E-state index is -0.0175. The van der Waals surface area contributed by atoms with Crippen molar-refractivity contribution in [3.8, 4) is 0 Å². The summed E-state index contributed by atoms with van der Waals surface area (Å²) in [5.41, 5.74) is 0. The maximum atomic E-state index is 11.8. The highest BCUT2D eigenvalue weighted by atomic mass is 79.9. The SMILES string of the molecule is O=C(NCC1CCCCO1)c1sccc1Br. The molecule has 5 heteroatoms. The van der Waals surface area contributed by atoms with Gasteiger partial charge in [-0.1, -0.05) is 0 Å². The van der Waals surface area contributed by atoms with Crippen LogP contribution in [0.2, 0.25) is 0 Å². The smallest absolute Gasteiger partial charge is 0.262 e. The second kappa shape index (κ2) is 5.80. The lowest BCUT2D eigenvalue weighted by molar-refractivity contribution is 0.0169. The molecule has 2 rings (SSSR count). The van der Waals surface area contributed by atoms with Gasteiger partial charge in [0.05, 0.1) is 6.10 Å². The fraction of sp³-hybridized carbons (Fsp3) is 0.545. The van der Waals surface area contributed by atoms with E-state index in [1.54, 1.807) is 0 Å². The Morgan fingerprint density at radius 1 is 1.62 bits per heavy atom. The fourth-order valence-electron chi connectivity index (χ4n) is 1.71. The van der Waals surface area contributed by atoms with Crippen LogP contribution in [0.1, 0.15) is 28.9 Å². The fourth-order valence-corrected chi connectivity index (χ4v) is 3.18. The molecule has 3 nitrogen and oxygen atoms in total. The molecule has 1 fully saturated rings. The second-order valence-electron chi connectivity index (χ2n) is 3.80. The van der Waals surface area contributed by atoms with E-state index in [1.807, 2.05) is 11.4 Å². The van der Waals surface area contributed by atoms with Gasteiger partial charge < -0.3 is 10.1 Å². The first-order valence-electron chi connectivity index (χ1n) is 5.40. The predicted molar refractivity (Wildman–Crippen MR) is 67.9 cm³/mol. The lowest BCUT2D eigenvalue weighted by atomic mass is 10.1. The van der Waals surface area contributed by atoms with Crippen LogP contribution in [-0.4, -0.2) is 25.2 Å². The van der Waals surface area contributed by atoms with Gasteiger partial charge in [-0.15, -0.1) is 11.3 Å². The van der Waals surface area contributed by atoms with Crippen LogP contribution in [0.25, 0.3) is 0 Å². The van der Waals surface area contributed by atoms with Gasteiger partial charge in [-0.25, -0.2) is 0 Å². The highest BCUT2D eigenvalue weighted by Crippen LogP contribution is 2.22. The van der Waals surface area contributed by atoms with Crippen molar-refractivity contribution in [2.75, 3.05) is 13.2 Å². The van der Waals surface area contributed by atoms with Crippen LogP contribution in [0.15, 0.2) is 15.9 Å². The highest BCUT2D eigenvalue weighted by Gasteiger charge is 2.16. The molecule has 0 radical (unpaired) electrons. The van der Waals surface area contributed by atoms with Crippen molar-refractivity contribution < 1.29 is 9.53 Å². The third-order valence-electron chi connectivity index (χ3n) is 2.59. The summed E-state index contributed by atoms with van der Waals surface area (Å²) >= 11 is 4.80. The Morgan fingerprint density at radius 2 is 2.50 bits per heavy atom. The van der Waals surface area contributed by atoms with Crippen molar-refractivity contribution in [1.82, 2.24) is 5.32 Å². The summed E-state index contributed by atoms with van der Waals surface area (Å²) in [5.74, 6) is -0.0175. The van der Waals surface area contributed by atoms with Crippen molar-refractivity contribution in [1.29, 1.82) is 0 Å². The van der Waals surface area contributed by atoms with E-state index in [0.717, 1.165) is 28.8 Å². The number of thiophene rings is 1. The molecule has 1 N–H and O–H groups in total. The molecular formula is C11H14BrNO2S. The van der Waals surface area contributed by atoms with Gasteiger partial charge in [0.25, 0.3) is 5.91 Å².